The van der Waals surface area contributed by atoms with Crippen LogP contribution < -0.4 is 5.32 Å². The first-order valence-electron chi connectivity index (χ1n) is 8.33. The smallest absolute Gasteiger partial charge is 0.308 e. The Kier molecular flexibility index (Phi) is 7.16. The molecule has 0 aromatic heterocycles. The Balaban J connectivity index is 2.14. The van der Waals surface area contributed by atoms with E-state index in [0.717, 1.165) is 0 Å². The molecule has 138 valence electrons. The van der Waals surface area contributed by atoms with Crippen LogP contribution in [0.3, 0.4) is 0 Å². The second-order valence-corrected chi connectivity index (χ2v) is 6.60. The summed E-state index contributed by atoms with van der Waals surface area (Å²) >= 11 is 6.22. The van der Waals surface area contributed by atoms with E-state index in [-0.39, 0.29) is 24.9 Å². The highest BCUT2D eigenvalue weighted by Crippen LogP contribution is 2.26. The molecule has 2 aromatic rings. The molecule has 0 aliphatic rings. The molecule has 0 bridgehead atoms. The molecule has 2 aromatic carbocycles. The van der Waals surface area contributed by atoms with Crippen molar-refractivity contribution in [2.45, 2.75) is 38.8 Å². The molecular formula is C20H21ClFNO3. The number of carbonyl (C=O) groups is 2. The average Bonchev–Trinajstić information content (AvgIpc) is 2.53. The van der Waals surface area contributed by atoms with Crippen LogP contribution in [0, 0.1) is 5.82 Å². The van der Waals surface area contributed by atoms with E-state index in [2.05, 4.69) is 5.32 Å². The summed E-state index contributed by atoms with van der Waals surface area (Å²) < 4.78 is 18.5. The molecule has 0 heterocycles. The molecule has 0 aliphatic carbocycles. The maximum Gasteiger partial charge on any atom is 0.308 e. The number of halogens is 2. The van der Waals surface area contributed by atoms with Gasteiger partial charge in [0.25, 0.3) is 0 Å². The highest BCUT2D eigenvalue weighted by Gasteiger charge is 2.22. The Morgan fingerprint density at radius 1 is 1.15 bits per heavy atom. The van der Waals surface area contributed by atoms with Crippen molar-refractivity contribution in [3.05, 3.63) is 70.5 Å². The van der Waals surface area contributed by atoms with Crippen molar-refractivity contribution in [3.63, 3.8) is 0 Å². The monoisotopic (exact) mass is 377 g/mol. The van der Waals surface area contributed by atoms with E-state index in [1.807, 2.05) is 0 Å². The van der Waals surface area contributed by atoms with Gasteiger partial charge in [-0.05, 0) is 43.2 Å². The molecule has 4 nitrogen and oxygen atoms in total. The second kappa shape index (κ2) is 9.34. The van der Waals surface area contributed by atoms with Crippen molar-refractivity contribution >= 4 is 23.5 Å². The fraction of sp³-hybridized carbons (Fsp3) is 0.300. The quantitative estimate of drug-likeness (QED) is 0.735. The number of ether oxygens (including phenoxy) is 1. The third-order valence-electron chi connectivity index (χ3n) is 3.61. The number of carbonyl (C=O) groups excluding carboxylic acids is 2. The molecule has 0 saturated heterocycles. The first kappa shape index (κ1) is 19.9. The molecule has 0 fully saturated rings. The number of hydrogen-bond donors (Lipinski definition) is 1. The lowest BCUT2D eigenvalue weighted by molar-refractivity contribution is -0.148. The first-order valence-corrected chi connectivity index (χ1v) is 8.70. The zero-order chi connectivity index (χ0) is 19.1. The third kappa shape index (κ3) is 6.15. The lowest BCUT2D eigenvalue weighted by atomic mass is 10.0. The van der Waals surface area contributed by atoms with Gasteiger partial charge < -0.3 is 10.1 Å². The number of benzene rings is 2. The van der Waals surface area contributed by atoms with Crippen LogP contribution in [0.1, 0.15) is 37.4 Å². The first-order chi connectivity index (χ1) is 12.3. The normalized spacial score (nSPS) is 11.9. The van der Waals surface area contributed by atoms with Crippen molar-refractivity contribution in [1.29, 1.82) is 0 Å². The Bertz CT molecular complexity index is 779. The van der Waals surface area contributed by atoms with Gasteiger partial charge in [0.2, 0.25) is 5.91 Å². The Hall–Kier alpha value is -2.40. The van der Waals surface area contributed by atoms with Crippen molar-refractivity contribution in [1.82, 2.24) is 5.32 Å². The minimum atomic E-state index is -0.629. The largest absolute Gasteiger partial charge is 0.463 e. The second-order valence-electron chi connectivity index (χ2n) is 6.19. The summed E-state index contributed by atoms with van der Waals surface area (Å²) in [6.45, 7) is 3.51. The summed E-state index contributed by atoms with van der Waals surface area (Å²) in [5.74, 6) is -1.17. The summed E-state index contributed by atoms with van der Waals surface area (Å²) in [6.07, 6.45) is -0.299. The van der Waals surface area contributed by atoms with E-state index >= 15 is 0 Å². The molecule has 26 heavy (non-hydrogen) atoms. The molecule has 2 rings (SSSR count). The zero-order valence-corrected chi connectivity index (χ0v) is 15.4. The van der Waals surface area contributed by atoms with Crippen molar-refractivity contribution in [2.75, 3.05) is 0 Å². The Morgan fingerprint density at radius 3 is 2.54 bits per heavy atom. The lowest BCUT2D eigenvalue weighted by Crippen LogP contribution is -2.32. The molecule has 1 amide bonds. The molecule has 1 unspecified atom stereocenters. The van der Waals surface area contributed by atoms with Gasteiger partial charge in [0, 0.05) is 5.02 Å². The van der Waals surface area contributed by atoms with E-state index in [9.17, 15) is 14.0 Å². The number of amides is 1. The minimum Gasteiger partial charge on any atom is -0.463 e. The van der Waals surface area contributed by atoms with E-state index in [0.29, 0.717) is 16.1 Å². The van der Waals surface area contributed by atoms with Crippen LogP contribution in [0.2, 0.25) is 5.02 Å². The van der Waals surface area contributed by atoms with Gasteiger partial charge in [0.05, 0.1) is 25.0 Å². The summed E-state index contributed by atoms with van der Waals surface area (Å²) in [5.41, 5.74) is 1.17. The number of hydrogen-bond acceptors (Lipinski definition) is 3. The fourth-order valence-corrected chi connectivity index (χ4v) is 2.82. The molecule has 0 radical (unpaired) electrons. The fourth-order valence-electron chi connectivity index (χ4n) is 2.55. The Morgan fingerprint density at radius 2 is 1.88 bits per heavy atom. The maximum atomic E-state index is 13.3. The van der Waals surface area contributed by atoms with E-state index < -0.39 is 17.8 Å². The highest BCUT2D eigenvalue weighted by molar-refractivity contribution is 6.31. The average molecular weight is 378 g/mol. The predicted octanol–water partition coefficient (Wildman–Crippen LogP) is 4.22. The van der Waals surface area contributed by atoms with Crippen molar-refractivity contribution in [3.8, 4) is 0 Å². The van der Waals surface area contributed by atoms with Gasteiger partial charge in [0.1, 0.15) is 5.82 Å². The SMILES string of the molecule is CC(C)OC(=O)CC(NC(=O)Cc1cccc(F)c1)c1ccccc1Cl. The van der Waals surface area contributed by atoms with Crippen LogP contribution in [0.5, 0.6) is 0 Å². The predicted molar refractivity (Wildman–Crippen MR) is 98.3 cm³/mol. The highest BCUT2D eigenvalue weighted by atomic mass is 35.5. The maximum absolute atomic E-state index is 13.3. The van der Waals surface area contributed by atoms with Crippen LogP contribution in [-0.4, -0.2) is 18.0 Å². The molecule has 6 heteroatoms. The summed E-state index contributed by atoms with van der Waals surface area (Å²) in [5, 5.41) is 3.24. The third-order valence-corrected chi connectivity index (χ3v) is 3.95. The van der Waals surface area contributed by atoms with Crippen molar-refractivity contribution < 1.29 is 18.7 Å². The van der Waals surface area contributed by atoms with Gasteiger partial charge in [-0.2, -0.15) is 0 Å². The Labute approximate surface area is 157 Å². The van der Waals surface area contributed by atoms with Crippen LogP contribution in [0.15, 0.2) is 48.5 Å². The van der Waals surface area contributed by atoms with Gasteiger partial charge >= 0.3 is 5.97 Å². The van der Waals surface area contributed by atoms with E-state index in [4.69, 9.17) is 16.3 Å². The number of nitrogens with one attached hydrogen (secondary N) is 1. The number of rotatable bonds is 7. The molecule has 1 atom stereocenters. The van der Waals surface area contributed by atoms with E-state index in [1.54, 1.807) is 50.2 Å². The molecule has 0 spiro atoms. The molecule has 0 saturated carbocycles. The van der Waals surface area contributed by atoms with Crippen molar-refractivity contribution in [2.24, 2.45) is 0 Å². The van der Waals surface area contributed by atoms with Gasteiger partial charge in [-0.1, -0.05) is 41.9 Å². The van der Waals surface area contributed by atoms with Gasteiger partial charge in [-0.25, -0.2) is 4.39 Å². The lowest BCUT2D eigenvalue weighted by Gasteiger charge is -2.20. The zero-order valence-electron chi connectivity index (χ0n) is 14.7. The van der Waals surface area contributed by atoms with Gasteiger partial charge in [-0.15, -0.1) is 0 Å². The van der Waals surface area contributed by atoms with E-state index in [1.165, 1.54) is 12.1 Å². The summed E-state index contributed by atoms with van der Waals surface area (Å²) in [6, 6.07) is 12.2. The number of esters is 1. The van der Waals surface area contributed by atoms with Gasteiger partial charge in [-0.3, -0.25) is 9.59 Å². The molecule has 1 N–H and O–H groups in total. The van der Waals surface area contributed by atoms with Crippen LogP contribution in [-0.2, 0) is 20.7 Å². The van der Waals surface area contributed by atoms with Crippen LogP contribution in [0.25, 0.3) is 0 Å². The summed E-state index contributed by atoms with van der Waals surface area (Å²) in [7, 11) is 0. The minimum absolute atomic E-state index is 0.00204. The molecule has 0 aliphatic heterocycles. The molecular weight excluding hydrogens is 357 g/mol. The summed E-state index contributed by atoms with van der Waals surface area (Å²) in [4.78, 5) is 24.5. The topological polar surface area (TPSA) is 55.4 Å². The standard InChI is InChI=1S/C20H21ClFNO3/c1-13(2)26-20(25)12-18(16-8-3-4-9-17(16)21)23-19(24)11-14-6-5-7-15(22)10-14/h3-10,13,18H,11-12H2,1-2H3,(H,23,24). The van der Waals surface area contributed by atoms with Gasteiger partial charge in [0.15, 0.2) is 0 Å². The van der Waals surface area contributed by atoms with Crippen LogP contribution in [0.4, 0.5) is 4.39 Å². The van der Waals surface area contributed by atoms with Crippen LogP contribution >= 0.6 is 11.6 Å².